The van der Waals surface area contributed by atoms with Crippen LogP contribution in [0.2, 0.25) is 0 Å². The van der Waals surface area contributed by atoms with Crippen molar-refractivity contribution in [2.45, 2.75) is 13.8 Å². The molecule has 0 aliphatic rings. The summed E-state index contributed by atoms with van der Waals surface area (Å²) in [6.07, 6.45) is 1.59. The van der Waals surface area contributed by atoms with Crippen molar-refractivity contribution >= 4 is 33.2 Å². The molecule has 5 heteroatoms. The Balaban J connectivity index is 2.56. The van der Waals surface area contributed by atoms with E-state index >= 15 is 0 Å². The zero-order valence-electron chi connectivity index (χ0n) is 9.11. The highest BCUT2D eigenvalue weighted by Gasteiger charge is 2.16. The van der Waals surface area contributed by atoms with Crippen LogP contribution in [0.5, 0.6) is 0 Å². The van der Waals surface area contributed by atoms with Crippen molar-refractivity contribution in [1.29, 1.82) is 0 Å². The number of aryl methyl sites for hydroxylation is 1. The van der Waals surface area contributed by atoms with Crippen LogP contribution in [0.25, 0.3) is 10.2 Å². The standard InChI is InChI=1S/C11H12N2O2S/c1-3-15-11(14)9-6(2)8-4-7(12)5-13-10(8)16-9/h4-5H,3,12H2,1-2H3. The zero-order valence-corrected chi connectivity index (χ0v) is 9.93. The van der Waals surface area contributed by atoms with Crippen LogP contribution in [-0.2, 0) is 4.74 Å². The van der Waals surface area contributed by atoms with Crippen LogP contribution in [0.3, 0.4) is 0 Å². The van der Waals surface area contributed by atoms with Crippen molar-refractivity contribution in [3.05, 3.63) is 22.7 Å². The Kier molecular flexibility index (Phi) is 2.78. The van der Waals surface area contributed by atoms with Gasteiger partial charge in [-0.25, -0.2) is 9.78 Å². The number of thiophene rings is 1. The number of rotatable bonds is 2. The fourth-order valence-electron chi connectivity index (χ4n) is 1.51. The number of anilines is 1. The monoisotopic (exact) mass is 236 g/mol. The molecule has 0 radical (unpaired) electrons. The number of nitrogen functional groups attached to an aromatic ring is 1. The summed E-state index contributed by atoms with van der Waals surface area (Å²) in [7, 11) is 0. The lowest BCUT2D eigenvalue weighted by molar-refractivity contribution is 0.0531. The van der Waals surface area contributed by atoms with Crippen LogP contribution in [0.1, 0.15) is 22.2 Å². The summed E-state index contributed by atoms with van der Waals surface area (Å²) in [5.41, 5.74) is 7.15. The number of carbonyl (C=O) groups is 1. The maximum atomic E-state index is 11.6. The van der Waals surface area contributed by atoms with E-state index in [0.717, 1.165) is 15.8 Å². The normalized spacial score (nSPS) is 10.6. The van der Waals surface area contributed by atoms with E-state index in [1.807, 2.05) is 13.0 Å². The van der Waals surface area contributed by atoms with Gasteiger partial charge in [-0.2, -0.15) is 0 Å². The molecule has 0 saturated carbocycles. The van der Waals surface area contributed by atoms with E-state index in [0.29, 0.717) is 17.2 Å². The zero-order chi connectivity index (χ0) is 11.7. The summed E-state index contributed by atoms with van der Waals surface area (Å²) < 4.78 is 4.98. The molecule has 4 nitrogen and oxygen atoms in total. The average Bonchev–Trinajstić information content (AvgIpc) is 2.57. The van der Waals surface area contributed by atoms with Gasteiger partial charge in [0, 0.05) is 5.39 Å². The molecule has 2 rings (SSSR count). The average molecular weight is 236 g/mol. The fraction of sp³-hybridized carbons (Fsp3) is 0.273. The number of hydrogen-bond donors (Lipinski definition) is 1. The Hall–Kier alpha value is -1.62. The maximum absolute atomic E-state index is 11.6. The SMILES string of the molecule is CCOC(=O)c1sc2ncc(N)cc2c1C. The highest BCUT2D eigenvalue weighted by molar-refractivity contribution is 7.20. The van der Waals surface area contributed by atoms with E-state index in [9.17, 15) is 4.79 Å². The van der Waals surface area contributed by atoms with Crippen molar-refractivity contribution in [2.75, 3.05) is 12.3 Å². The van der Waals surface area contributed by atoms with E-state index < -0.39 is 0 Å². The molecule has 0 aliphatic heterocycles. The Morgan fingerprint density at radius 2 is 2.38 bits per heavy atom. The van der Waals surface area contributed by atoms with Gasteiger partial charge in [0.05, 0.1) is 18.5 Å². The molecule has 0 bridgehead atoms. The molecular formula is C11H12N2O2S. The number of hydrogen-bond acceptors (Lipinski definition) is 5. The lowest BCUT2D eigenvalue weighted by Crippen LogP contribution is -2.03. The molecule has 0 fully saturated rings. The third kappa shape index (κ3) is 1.74. The third-order valence-corrected chi connectivity index (χ3v) is 3.47. The second-order valence-electron chi connectivity index (χ2n) is 3.40. The molecule has 2 aromatic heterocycles. The van der Waals surface area contributed by atoms with Crippen molar-refractivity contribution < 1.29 is 9.53 Å². The molecule has 2 heterocycles. The first-order chi connectivity index (χ1) is 7.63. The van der Waals surface area contributed by atoms with E-state index in [2.05, 4.69) is 4.98 Å². The number of nitrogens with two attached hydrogens (primary N) is 1. The number of aromatic nitrogens is 1. The predicted octanol–water partition coefficient (Wildman–Crippen LogP) is 2.36. The van der Waals surface area contributed by atoms with Crippen molar-refractivity contribution in [1.82, 2.24) is 4.98 Å². The molecule has 0 amide bonds. The van der Waals surface area contributed by atoms with Crippen LogP contribution >= 0.6 is 11.3 Å². The largest absolute Gasteiger partial charge is 0.462 e. The second-order valence-corrected chi connectivity index (χ2v) is 4.40. The van der Waals surface area contributed by atoms with Crippen LogP contribution in [-0.4, -0.2) is 17.6 Å². The Bertz CT molecular complexity index is 548. The van der Waals surface area contributed by atoms with Crippen molar-refractivity contribution in [3.63, 3.8) is 0 Å². The number of esters is 1. The lowest BCUT2D eigenvalue weighted by Gasteiger charge is -1.99. The molecule has 0 saturated heterocycles. The summed E-state index contributed by atoms with van der Waals surface area (Å²) in [6.45, 7) is 4.05. The molecule has 2 aromatic rings. The van der Waals surface area contributed by atoms with E-state index in [4.69, 9.17) is 10.5 Å². The first-order valence-corrected chi connectivity index (χ1v) is 5.77. The Morgan fingerprint density at radius 3 is 3.06 bits per heavy atom. The number of carbonyl (C=O) groups excluding carboxylic acids is 1. The van der Waals surface area contributed by atoms with E-state index in [-0.39, 0.29) is 5.97 Å². The van der Waals surface area contributed by atoms with Gasteiger partial charge < -0.3 is 10.5 Å². The number of ether oxygens (including phenoxy) is 1. The highest BCUT2D eigenvalue weighted by Crippen LogP contribution is 2.30. The van der Waals surface area contributed by atoms with Gasteiger partial charge in [-0.3, -0.25) is 0 Å². The second kappa shape index (κ2) is 4.09. The Morgan fingerprint density at radius 1 is 1.62 bits per heavy atom. The maximum Gasteiger partial charge on any atom is 0.348 e. The fourth-order valence-corrected chi connectivity index (χ4v) is 2.53. The van der Waals surface area contributed by atoms with Gasteiger partial charge in [-0.1, -0.05) is 0 Å². The topological polar surface area (TPSA) is 65.2 Å². The summed E-state index contributed by atoms with van der Waals surface area (Å²) in [5.74, 6) is -0.290. The molecule has 0 atom stereocenters. The summed E-state index contributed by atoms with van der Waals surface area (Å²) >= 11 is 1.34. The molecule has 0 spiro atoms. The van der Waals surface area contributed by atoms with Gasteiger partial charge in [0.1, 0.15) is 9.71 Å². The molecular weight excluding hydrogens is 224 g/mol. The molecule has 16 heavy (non-hydrogen) atoms. The first-order valence-electron chi connectivity index (χ1n) is 4.95. The van der Waals surface area contributed by atoms with Crippen LogP contribution in [0.4, 0.5) is 5.69 Å². The van der Waals surface area contributed by atoms with E-state index in [1.165, 1.54) is 11.3 Å². The van der Waals surface area contributed by atoms with E-state index in [1.54, 1.807) is 13.1 Å². The van der Waals surface area contributed by atoms with Crippen LogP contribution in [0, 0.1) is 6.92 Å². The van der Waals surface area contributed by atoms with Gasteiger partial charge in [0.25, 0.3) is 0 Å². The minimum absolute atomic E-state index is 0.290. The number of pyridine rings is 1. The number of fused-ring (bicyclic) bond motifs is 1. The summed E-state index contributed by atoms with van der Waals surface area (Å²) in [6, 6.07) is 1.83. The predicted molar refractivity (Wildman–Crippen MR) is 64.7 cm³/mol. The lowest BCUT2D eigenvalue weighted by atomic mass is 10.2. The third-order valence-electron chi connectivity index (χ3n) is 2.28. The molecule has 0 aliphatic carbocycles. The van der Waals surface area contributed by atoms with Gasteiger partial charge in [0.15, 0.2) is 0 Å². The van der Waals surface area contributed by atoms with Crippen LogP contribution in [0.15, 0.2) is 12.3 Å². The minimum atomic E-state index is -0.290. The molecule has 0 unspecified atom stereocenters. The summed E-state index contributed by atoms with van der Waals surface area (Å²) in [4.78, 5) is 17.3. The number of nitrogens with zero attached hydrogens (tertiary/aromatic N) is 1. The van der Waals surface area contributed by atoms with Gasteiger partial charge in [-0.05, 0) is 25.5 Å². The Labute approximate surface area is 97.0 Å². The highest BCUT2D eigenvalue weighted by atomic mass is 32.1. The van der Waals surface area contributed by atoms with Crippen LogP contribution < -0.4 is 5.73 Å². The molecule has 84 valence electrons. The quantitative estimate of drug-likeness (QED) is 0.813. The molecule has 2 N–H and O–H groups in total. The first kappa shape index (κ1) is 10.9. The van der Waals surface area contributed by atoms with Crippen molar-refractivity contribution in [2.24, 2.45) is 0 Å². The van der Waals surface area contributed by atoms with Gasteiger partial charge in [0.2, 0.25) is 0 Å². The smallest absolute Gasteiger partial charge is 0.348 e. The molecule has 0 aromatic carbocycles. The minimum Gasteiger partial charge on any atom is -0.462 e. The summed E-state index contributed by atoms with van der Waals surface area (Å²) in [5, 5.41) is 0.924. The van der Waals surface area contributed by atoms with Gasteiger partial charge in [-0.15, -0.1) is 11.3 Å². The van der Waals surface area contributed by atoms with Gasteiger partial charge >= 0.3 is 5.97 Å². The van der Waals surface area contributed by atoms with Crippen molar-refractivity contribution in [3.8, 4) is 0 Å².